The van der Waals surface area contributed by atoms with E-state index in [1.807, 2.05) is 40.8 Å². The molecular weight excluding hydrogens is 1980 g/mol. The number of carboxylic acids is 4. The topological polar surface area (TPSA) is 512 Å². The number of carboxylic acid groups (broad SMARTS) is 4. The number of aryl methyl sites for hydroxylation is 5. The molecule has 43 heteroatoms. The third kappa shape index (κ3) is 24.2. The smallest absolute Gasteiger partial charge is 0.336 e. The number of nitrogens with two attached hydrogens (primary N) is 2. The van der Waals surface area contributed by atoms with Gasteiger partial charge in [0.1, 0.15) is 30.2 Å². The number of fused-ring (bicyclic) bond motifs is 5. The van der Waals surface area contributed by atoms with Crippen molar-refractivity contribution in [2.75, 3.05) is 18.1 Å². The first-order chi connectivity index (χ1) is 55.5. The highest BCUT2D eigenvalue weighted by molar-refractivity contribution is 14.1. The molecule has 3 fully saturated rings. The lowest BCUT2D eigenvalue weighted by Gasteiger charge is -2.21. The number of hydrogen-bond acceptors (Lipinski definition) is 20. The molecule has 117 heavy (non-hydrogen) atoms. The second-order valence-electron chi connectivity index (χ2n) is 25.9. The molecule has 0 spiro atoms. The maximum absolute atomic E-state index is 12.4. The normalized spacial score (nSPS) is 15.0. The molecule has 3 saturated heterocycles. The summed E-state index contributed by atoms with van der Waals surface area (Å²) in [5.74, 6) is -8.93. The number of aromatic nitrogens is 10. The van der Waals surface area contributed by atoms with Crippen LogP contribution in [0.2, 0.25) is 0 Å². The third-order valence-electron chi connectivity index (χ3n) is 18.1. The zero-order valence-corrected chi connectivity index (χ0v) is 73.6. The maximum Gasteiger partial charge on any atom is 0.336 e. The number of amides is 4. The van der Waals surface area contributed by atoms with E-state index in [1.165, 1.54) is 67.8 Å². The predicted molar refractivity (Wildman–Crippen MR) is 451 cm³/mol. The number of imidazole rings is 5. The Morgan fingerprint density at radius 3 is 1.10 bits per heavy atom. The number of primary amides is 2. The lowest BCUT2D eigenvalue weighted by Crippen LogP contribution is -2.44. The van der Waals surface area contributed by atoms with Crippen LogP contribution in [0.3, 0.4) is 0 Å². The molecule has 0 saturated carbocycles. The highest BCUT2D eigenvalue weighted by atomic mass is 127. The number of aliphatic carboxylic acids is 4. The zero-order chi connectivity index (χ0) is 88.2. The van der Waals surface area contributed by atoms with E-state index in [0.717, 1.165) is 46.7 Å². The highest BCUT2D eigenvalue weighted by Crippen LogP contribution is 2.31. The van der Waals surface area contributed by atoms with Crippen LogP contribution in [0.4, 0.5) is 0 Å². The Bertz CT molecular complexity index is 5380. The van der Waals surface area contributed by atoms with Gasteiger partial charge in [-0.1, -0.05) is 102 Å². The monoisotopic (exact) mass is 2060 g/mol. The number of nitrogens with one attached hydrogen (secondary N) is 1. The first kappa shape index (κ1) is 93.9. The number of rotatable bonds is 17. The van der Waals surface area contributed by atoms with E-state index in [2.05, 4.69) is 94.4 Å². The molecular formula is C74H81Br5IN13O24. The standard InChI is InChI=1S/2C13H14BrN3O4.C13H12BrN3O3.C13H13BrN2O5.C13H11BrN2O4.C4H6O3.C4H8O.CH3I/c1-16-8-3-2-7(14)6-10(8)17(13(16)21)9(12(15)20)4-5-11(18)19;1-16-8-3-2-7(14)6-10(8)17(13(16)21)9(12(19)20)4-5-11(15)18;1-16-8-3-2-7(14)6-10(8)17(13(16)20)9-4-5-11(18)15-12(9)19;1-15-8-3-2-7(14)6-10(8)16(13(15)21)9(12(19)20)4-5-11(17)18;1-15-8-3-2-7(14)6-10(8)16(13(15)19)9-4-5-11(17)20-12(9)18;1-3(5)7-4(2)6;1-2-4-5-3-1;1-2/h2-3,6,9H,4-5H2,1H3,(H2,15,20)(H,18,19);2-3,6,9H,4-5H2,1H3,(H2,15,18)(H,19,20);2-3,6,9H,4-5H2,1H3,(H,15,18,19);2-3,6,9H,4-5H2,1H3,(H,17,18)(H,19,20);2-3,6,9H,4-5H2,1H3;1-2H3;1-4H2;1H3/i;;;;;;;1D. The summed E-state index contributed by atoms with van der Waals surface area (Å²) in [5, 5.41) is 38.5. The first-order valence-electron chi connectivity index (χ1n) is 35.7. The van der Waals surface area contributed by atoms with E-state index in [0.29, 0.717) is 59.9 Å². The highest BCUT2D eigenvalue weighted by Gasteiger charge is 2.35. The lowest BCUT2D eigenvalue weighted by atomic mass is 10.1. The number of carbonyl (C=O) groups is 12. The Morgan fingerprint density at radius 1 is 0.487 bits per heavy atom. The number of benzene rings is 5. The van der Waals surface area contributed by atoms with Gasteiger partial charge < -0.3 is 46.1 Å². The zero-order valence-electron chi connectivity index (χ0n) is 64.5. The number of halogens is 6. The fourth-order valence-electron chi connectivity index (χ4n) is 12.6. The number of alkyl halides is 1. The average Bonchev–Trinajstić information content (AvgIpc) is 1.65. The Labute approximate surface area is 719 Å². The van der Waals surface area contributed by atoms with Crippen molar-refractivity contribution in [1.29, 1.82) is 0 Å². The van der Waals surface area contributed by atoms with Gasteiger partial charge in [0.15, 0.2) is 0 Å². The van der Waals surface area contributed by atoms with Crippen LogP contribution in [-0.4, -0.2) is 156 Å². The van der Waals surface area contributed by atoms with Gasteiger partial charge in [0.05, 0.1) is 55.2 Å². The Kier molecular flexibility index (Phi) is 34.8. The lowest BCUT2D eigenvalue weighted by molar-refractivity contribution is -0.167. The van der Waals surface area contributed by atoms with Gasteiger partial charge in [-0.2, -0.15) is 0 Å². The van der Waals surface area contributed by atoms with Gasteiger partial charge >= 0.3 is 76.2 Å². The summed E-state index contributed by atoms with van der Waals surface area (Å²) in [5.41, 5.74) is 14.7. The van der Waals surface area contributed by atoms with Crippen LogP contribution in [0.1, 0.15) is 122 Å². The summed E-state index contributed by atoms with van der Waals surface area (Å²) in [4.78, 5) is 195. The van der Waals surface area contributed by atoms with E-state index in [4.69, 9.17) is 27.8 Å². The molecule has 3 aliphatic heterocycles. The number of piperidine rings is 1. The minimum Gasteiger partial charge on any atom is -0.481 e. The van der Waals surface area contributed by atoms with Gasteiger partial charge in [0.2, 0.25) is 23.6 Å². The van der Waals surface area contributed by atoms with Gasteiger partial charge in [0, 0.05) is 118 Å². The van der Waals surface area contributed by atoms with Crippen molar-refractivity contribution in [3.05, 3.63) is 166 Å². The summed E-state index contributed by atoms with van der Waals surface area (Å²) in [6, 6.07) is 21.6. The second kappa shape index (κ2) is 43.3. The quantitative estimate of drug-likeness (QED) is 0.0149. The van der Waals surface area contributed by atoms with Crippen LogP contribution < -0.4 is 45.2 Å². The van der Waals surface area contributed by atoms with Crippen LogP contribution in [-0.2, 0) is 107 Å². The number of imide groups is 1. The number of carbonyl (C=O) groups excluding carboxylic acids is 8. The molecule has 3 aliphatic rings. The second-order valence-corrected chi connectivity index (χ2v) is 30.5. The Hall–Kier alpha value is -10.2. The van der Waals surface area contributed by atoms with Gasteiger partial charge in [-0.15, -0.1) is 0 Å². The van der Waals surface area contributed by atoms with Crippen molar-refractivity contribution in [3.8, 4) is 0 Å². The number of ether oxygens (including phenoxy) is 3. The Morgan fingerprint density at radius 2 is 0.803 bits per heavy atom. The molecule has 5 aromatic carbocycles. The molecule has 37 nitrogen and oxygen atoms in total. The van der Waals surface area contributed by atoms with Crippen molar-refractivity contribution < 1.29 is 93.5 Å². The van der Waals surface area contributed by atoms with Crippen molar-refractivity contribution in [2.24, 2.45) is 46.7 Å². The molecule has 10 aromatic rings. The molecule has 4 amide bonds. The van der Waals surface area contributed by atoms with E-state index >= 15 is 0 Å². The van der Waals surface area contributed by atoms with E-state index in [1.54, 1.807) is 108 Å². The van der Waals surface area contributed by atoms with Crippen LogP contribution in [0, 0.1) is 0 Å². The van der Waals surface area contributed by atoms with Crippen LogP contribution in [0.15, 0.2) is 137 Å². The third-order valence-corrected chi connectivity index (χ3v) is 20.5. The minimum absolute atomic E-state index is 0.0315. The summed E-state index contributed by atoms with van der Waals surface area (Å²) in [6.45, 7) is 4.36. The van der Waals surface area contributed by atoms with Gasteiger partial charge in [-0.25, -0.2) is 38.4 Å². The van der Waals surface area contributed by atoms with Crippen LogP contribution in [0.5, 0.6) is 0 Å². The number of nitrogens with zero attached hydrogens (tertiary/aromatic N) is 10. The summed E-state index contributed by atoms with van der Waals surface area (Å²) in [6.07, 6.45) is 2.66. The van der Waals surface area contributed by atoms with Gasteiger partial charge in [0.25, 0.3) is 0 Å². The minimum atomic E-state index is -1.23. The van der Waals surface area contributed by atoms with Gasteiger partial charge in [-0.05, 0) is 141 Å². The molecule has 5 unspecified atom stereocenters. The number of esters is 4. The molecule has 13 rings (SSSR count). The van der Waals surface area contributed by atoms with Crippen LogP contribution >= 0.6 is 102 Å². The van der Waals surface area contributed by atoms with Gasteiger partial charge in [-0.3, -0.25) is 94.1 Å². The molecule has 9 N–H and O–H groups in total. The van der Waals surface area contributed by atoms with Crippen molar-refractivity contribution in [1.82, 2.24) is 51.0 Å². The molecule has 5 atom stereocenters. The summed E-state index contributed by atoms with van der Waals surface area (Å²) < 4.78 is 37.1. The predicted octanol–water partition coefficient (Wildman–Crippen LogP) is 8.11. The molecule has 5 aromatic heterocycles. The summed E-state index contributed by atoms with van der Waals surface area (Å²) in [7, 11) is 8.02. The van der Waals surface area contributed by atoms with E-state index in [9.17, 15) is 91.7 Å². The Balaban J connectivity index is 0.000000219. The molecule has 8 heterocycles. The maximum atomic E-state index is 12.4. The molecule has 0 aliphatic carbocycles. The van der Waals surface area contributed by atoms with E-state index in [-0.39, 0.29) is 75.1 Å². The average molecular weight is 2060 g/mol. The number of hydrogen-bond donors (Lipinski definition) is 7. The fourth-order valence-corrected chi connectivity index (χ4v) is 14.4. The largest absolute Gasteiger partial charge is 0.481 e. The van der Waals surface area contributed by atoms with Crippen LogP contribution in [0.25, 0.3) is 55.2 Å². The van der Waals surface area contributed by atoms with Crippen molar-refractivity contribution >= 4 is 229 Å². The molecule has 0 radical (unpaired) electrons. The first-order valence-corrected chi connectivity index (χ1v) is 40.5. The van der Waals surface area contributed by atoms with E-state index < -0.39 is 113 Å². The fraction of sp³-hybridized carbons (Fsp3) is 0.365. The molecule has 0 bridgehead atoms. The summed E-state index contributed by atoms with van der Waals surface area (Å²) >= 11 is 18.6. The van der Waals surface area contributed by atoms with Crippen molar-refractivity contribution in [2.45, 2.75) is 121 Å². The molecule has 628 valence electrons. The number of cyclic esters (lactones) is 2. The SMILES string of the molecule is C1CCOC1.CC(=O)OC(C)=O.Cn1c(=O)n(C(CCC(=O)O)C(=O)O)c2cc(Br)ccc21.Cn1c(=O)n(C(CCC(=O)O)C(N)=O)c2cc(Br)ccc21.Cn1c(=O)n(C(CCC(N)=O)C(=O)O)c2cc(Br)ccc21.Cn1c(=O)n(C2CCC(=O)NC2=O)c2cc(Br)ccc21.Cn1c(=O)n(C2CCC(=O)OC2=O)c2cc(Br)ccc21.[2H]CI. The van der Waals surface area contributed by atoms with Crippen molar-refractivity contribution in [3.63, 3.8) is 0 Å².